The zero-order valence-corrected chi connectivity index (χ0v) is 17.8. The number of unbranched alkanes of at least 4 members (excludes halogenated alkanes) is 1. The molecule has 4 fully saturated rings. The number of carbonyl (C=O) groups is 1. The quantitative estimate of drug-likeness (QED) is 0.595. The molecule has 4 heterocycles. The summed E-state index contributed by atoms with van der Waals surface area (Å²) in [5.74, 6) is 0. The number of rotatable bonds is 5. The molecule has 0 aromatic heterocycles. The molecule has 6 nitrogen and oxygen atoms in total. The Morgan fingerprint density at radius 3 is 2.19 bits per heavy atom. The van der Waals surface area contributed by atoms with Crippen molar-refractivity contribution in [1.29, 1.82) is 0 Å². The molecule has 1 amide bonds. The highest BCUT2D eigenvalue weighted by Gasteiger charge is 2.87. The molecule has 0 radical (unpaired) electrons. The molecule has 4 aliphatic rings. The van der Waals surface area contributed by atoms with Crippen molar-refractivity contribution in [3.63, 3.8) is 0 Å². The first kappa shape index (κ1) is 20.0. The maximum Gasteiger partial charge on any atom is 0.482 e. The van der Waals surface area contributed by atoms with Crippen LogP contribution in [0.2, 0.25) is 5.31 Å². The van der Waals surface area contributed by atoms with E-state index in [2.05, 4.69) is 40.0 Å². The van der Waals surface area contributed by atoms with Gasteiger partial charge < -0.3 is 14.0 Å². The van der Waals surface area contributed by atoms with Crippen LogP contribution in [0, 0.1) is 0 Å². The first-order chi connectivity index (χ1) is 11.8. The van der Waals surface area contributed by atoms with Gasteiger partial charge in [-0.05, 0) is 54.9 Å². The lowest BCUT2D eigenvalue weighted by molar-refractivity contribution is -1.10. The van der Waals surface area contributed by atoms with Gasteiger partial charge in [0.2, 0.25) is 0 Å². The fraction of sp³-hybridized carbons (Fsp3) is 0.947. The molecular weight excluding hydrogens is 331 g/mol. The Morgan fingerprint density at radius 1 is 1.19 bits per heavy atom. The highest BCUT2D eigenvalue weighted by molar-refractivity contribution is 6.51. The van der Waals surface area contributed by atoms with Crippen molar-refractivity contribution < 1.29 is 23.4 Å². The molecule has 1 N–H and O–H groups in total. The van der Waals surface area contributed by atoms with Gasteiger partial charge in [0.05, 0.1) is 11.2 Å². The van der Waals surface area contributed by atoms with E-state index in [4.69, 9.17) is 14.0 Å². The minimum atomic E-state index is -0.486. The van der Waals surface area contributed by atoms with Crippen LogP contribution >= 0.6 is 0 Å². The van der Waals surface area contributed by atoms with Crippen molar-refractivity contribution in [3.05, 3.63) is 0 Å². The molecule has 0 aromatic rings. The predicted molar refractivity (Wildman–Crippen MR) is 101 cm³/mol. The zero-order valence-electron chi connectivity index (χ0n) is 17.8. The molecule has 2 bridgehead atoms. The second kappa shape index (κ2) is 5.85. The number of nitrogens with zero attached hydrogens (tertiary/aromatic N) is 1. The fourth-order valence-corrected chi connectivity index (χ4v) is 4.66. The molecule has 26 heavy (non-hydrogen) atoms. The van der Waals surface area contributed by atoms with Crippen LogP contribution in [0.15, 0.2) is 0 Å². The Labute approximate surface area is 158 Å². The molecule has 0 saturated carbocycles. The van der Waals surface area contributed by atoms with E-state index in [1.54, 1.807) is 0 Å². The van der Waals surface area contributed by atoms with E-state index in [1.165, 1.54) is 0 Å². The first-order valence-electron chi connectivity index (χ1n) is 10.0. The Morgan fingerprint density at radius 2 is 1.73 bits per heavy atom. The van der Waals surface area contributed by atoms with Crippen molar-refractivity contribution in [2.24, 2.45) is 0 Å². The summed E-state index contributed by atoms with van der Waals surface area (Å²) in [5, 5.41) is 0.00915. The summed E-state index contributed by atoms with van der Waals surface area (Å²) in [5.41, 5.74) is 2.01. The largest absolute Gasteiger partial charge is 0.482 e. The van der Waals surface area contributed by atoms with Gasteiger partial charge in [0.1, 0.15) is 24.7 Å². The van der Waals surface area contributed by atoms with E-state index in [9.17, 15) is 4.79 Å². The Kier molecular flexibility index (Phi) is 4.49. The lowest BCUT2D eigenvalue weighted by atomic mass is 9.40. The number of quaternary nitrogens is 1. The Hall–Kier alpha value is -0.785. The average molecular weight is 367 g/mol. The highest BCUT2D eigenvalue weighted by Crippen LogP contribution is 2.67. The van der Waals surface area contributed by atoms with Crippen molar-refractivity contribution in [2.75, 3.05) is 13.1 Å². The predicted octanol–water partition coefficient (Wildman–Crippen LogP) is 3.66. The summed E-state index contributed by atoms with van der Waals surface area (Å²) in [6, 6.07) is 0.338. The number of carbonyl (C=O) groups excluding carboxylic acids is 1. The van der Waals surface area contributed by atoms with Crippen LogP contribution in [0.1, 0.15) is 74.7 Å². The summed E-state index contributed by atoms with van der Waals surface area (Å²) >= 11 is 0. The standard InChI is InChI=1S/C19H35BN2O4/c1-9-10-11-14-19(20-25-17(5,6)18(7,8)26-20)12-22(14,13-19)21-15(23)24-16(2,3)4/h14H,9-13H2,1-8H3/p+1. The topological polar surface area (TPSA) is 56.8 Å². The van der Waals surface area contributed by atoms with E-state index in [1.807, 2.05) is 20.8 Å². The van der Waals surface area contributed by atoms with Crippen molar-refractivity contribution in [1.82, 2.24) is 5.43 Å². The molecule has 0 aliphatic carbocycles. The van der Waals surface area contributed by atoms with E-state index < -0.39 is 5.60 Å². The first-order valence-corrected chi connectivity index (χ1v) is 10.0. The third kappa shape index (κ3) is 2.96. The third-order valence-electron chi connectivity index (χ3n) is 6.68. The minimum absolute atomic E-state index is 0.00915. The SMILES string of the molecule is CCCCC1C2(B3OC(C)(C)C(C)(C)O3)C[N+]1(NC(=O)OC(C)(C)C)C2. The van der Waals surface area contributed by atoms with E-state index >= 15 is 0 Å². The maximum atomic E-state index is 12.3. The number of ether oxygens (including phenoxy) is 1. The molecule has 0 spiro atoms. The summed E-state index contributed by atoms with van der Waals surface area (Å²) in [6.07, 6.45) is 3.02. The summed E-state index contributed by atoms with van der Waals surface area (Å²) in [7, 11) is -0.199. The van der Waals surface area contributed by atoms with E-state index in [-0.39, 0.29) is 29.7 Å². The van der Waals surface area contributed by atoms with Crippen molar-refractivity contribution >= 4 is 13.2 Å². The molecule has 4 rings (SSSR count). The Balaban J connectivity index is 1.71. The molecule has 4 saturated heterocycles. The van der Waals surface area contributed by atoms with Crippen LogP contribution in [-0.4, -0.2) is 53.7 Å². The molecular formula is C19H36BN2O4+. The van der Waals surface area contributed by atoms with Crippen molar-refractivity contribution in [3.8, 4) is 0 Å². The third-order valence-corrected chi connectivity index (χ3v) is 6.68. The van der Waals surface area contributed by atoms with Crippen LogP contribution < -0.4 is 5.43 Å². The van der Waals surface area contributed by atoms with Crippen LogP contribution in [0.4, 0.5) is 4.79 Å². The van der Waals surface area contributed by atoms with Crippen LogP contribution in [0.25, 0.3) is 0 Å². The second-order valence-corrected chi connectivity index (χ2v) is 10.4. The van der Waals surface area contributed by atoms with Gasteiger partial charge in [-0.15, -0.1) is 0 Å². The summed E-state index contributed by atoms with van der Waals surface area (Å²) < 4.78 is 18.8. The summed E-state index contributed by atoms with van der Waals surface area (Å²) in [4.78, 5) is 12.3. The average Bonchev–Trinajstić information content (AvgIpc) is 2.60. The highest BCUT2D eigenvalue weighted by atomic mass is 16.7. The number of hydrogen-bond donors (Lipinski definition) is 1. The smallest absolute Gasteiger partial charge is 0.441 e. The van der Waals surface area contributed by atoms with Crippen molar-refractivity contribution in [2.45, 2.75) is 103 Å². The van der Waals surface area contributed by atoms with Gasteiger partial charge in [0, 0.05) is 6.42 Å². The van der Waals surface area contributed by atoms with Gasteiger partial charge in [0.15, 0.2) is 5.31 Å². The van der Waals surface area contributed by atoms with Gasteiger partial charge in [-0.1, -0.05) is 13.3 Å². The number of nitrogens with one attached hydrogen (secondary N) is 1. The molecule has 1 unspecified atom stereocenters. The number of hydrogen-bond acceptors (Lipinski definition) is 4. The number of amides is 1. The molecule has 148 valence electrons. The van der Waals surface area contributed by atoms with Crippen LogP contribution in [-0.2, 0) is 14.0 Å². The van der Waals surface area contributed by atoms with Gasteiger partial charge in [0.25, 0.3) is 0 Å². The summed E-state index contributed by atoms with van der Waals surface area (Å²) in [6.45, 7) is 18.0. The van der Waals surface area contributed by atoms with Crippen LogP contribution in [0.3, 0.4) is 0 Å². The van der Waals surface area contributed by atoms with Gasteiger partial charge >= 0.3 is 13.2 Å². The van der Waals surface area contributed by atoms with Gasteiger partial charge in [-0.2, -0.15) is 5.43 Å². The monoisotopic (exact) mass is 367 g/mol. The molecule has 1 atom stereocenters. The fourth-order valence-electron chi connectivity index (χ4n) is 4.66. The van der Waals surface area contributed by atoms with Gasteiger partial charge in [-0.3, -0.25) is 0 Å². The lowest BCUT2D eigenvalue weighted by Crippen LogP contribution is -2.95. The van der Waals surface area contributed by atoms with Gasteiger partial charge in [-0.25, -0.2) is 9.39 Å². The molecule has 4 aliphatic heterocycles. The second-order valence-electron chi connectivity index (χ2n) is 10.4. The van der Waals surface area contributed by atoms with E-state index in [0.717, 1.165) is 32.4 Å². The normalized spacial score (nSPS) is 36.9. The zero-order chi connectivity index (χ0) is 19.6. The Bertz CT molecular complexity index is 563. The lowest BCUT2D eigenvalue weighted by Gasteiger charge is -2.73. The molecule has 7 heteroatoms. The minimum Gasteiger partial charge on any atom is -0.441 e. The van der Waals surface area contributed by atoms with E-state index in [0.29, 0.717) is 10.6 Å². The van der Waals surface area contributed by atoms with Crippen LogP contribution in [0.5, 0.6) is 0 Å². The maximum absolute atomic E-state index is 12.3. The molecule has 0 aromatic carbocycles.